The van der Waals surface area contributed by atoms with E-state index in [4.69, 9.17) is 4.74 Å². The molecule has 0 radical (unpaired) electrons. The summed E-state index contributed by atoms with van der Waals surface area (Å²) in [6, 6.07) is 19.6. The van der Waals surface area contributed by atoms with Crippen molar-refractivity contribution in [3.8, 4) is 5.75 Å². The number of halogens is 1. The number of para-hydroxylation sites is 1. The van der Waals surface area contributed by atoms with E-state index >= 15 is 0 Å². The Morgan fingerprint density at radius 3 is 2.26 bits per heavy atom. The lowest BCUT2D eigenvalue weighted by atomic mass is 9.74. The summed E-state index contributed by atoms with van der Waals surface area (Å²) in [6.07, 6.45) is 10.2. The fourth-order valence-electron chi connectivity index (χ4n) is 4.88. The zero-order chi connectivity index (χ0) is 17.8. The van der Waals surface area contributed by atoms with Crippen LogP contribution in [0.25, 0.3) is 5.57 Å². The van der Waals surface area contributed by atoms with Crippen molar-refractivity contribution in [2.24, 2.45) is 0 Å². The Balaban J connectivity index is 0.00000210. The van der Waals surface area contributed by atoms with Crippen LogP contribution in [0.1, 0.15) is 49.7 Å². The fourth-order valence-corrected chi connectivity index (χ4v) is 4.88. The zero-order valence-electron chi connectivity index (χ0n) is 16.2. The normalized spacial score (nSPS) is 19.7. The summed E-state index contributed by atoms with van der Waals surface area (Å²) in [5.41, 5.74) is 4.42. The topological polar surface area (TPSA) is 12.5 Å². The van der Waals surface area contributed by atoms with Gasteiger partial charge in [-0.05, 0) is 36.5 Å². The second-order valence-electron chi connectivity index (χ2n) is 7.58. The third kappa shape index (κ3) is 3.93. The first-order chi connectivity index (χ1) is 12.8. The number of nitrogens with zero attached hydrogens (tertiary/aromatic N) is 1. The fraction of sp³-hybridized carbons (Fsp3) is 0.417. The van der Waals surface area contributed by atoms with E-state index in [2.05, 4.69) is 59.5 Å². The molecule has 0 bridgehead atoms. The van der Waals surface area contributed by atoms with Crippen LogP contribution < -0.4 is 4.74 Å². The number of hydrogen-bond acceptors (Lipinski definition) is 2. The highest BCUT2D eigenvalue weighted by Crippen LogP contribution is 2.44. The zero-order valence-corrected chi connectivity index (χ0v) is 17.0. The molecule has 144 valence electrons. The first-order valence-electron chi connectivity index (χ1n) is 9.96. The summed E-state index contributed by atoms with van der Waals surface area (Å²) in [5, 5.41) is 0. The summed E-state index contributed by atoms with van der Waals surface area (Å²) in [4.78, 5) is 2.74. The molecule has 2 nitrogen and oxygen atoms in total. The number of benzene rings is 2. The molecule has 3 heteroatoms. The van der Waals surface area contributed by atoms with Crippen LogP contribution in [0.4, 0.5) is 0 Å². The van der Waals surface area contributed by atoms with Crippen LogP contribution in [0.2, 0.25) is 0 Å². The van der Waals surface area contributed by atoms with Crippen molar-refractivity contribution >= 4 is 18.0 Å². The Labute approximate surface area is 169 Å². The van der Waals surface area contributed by atoms with Crippen LogP contribution in [0, 0.1) is 0 Å². The van der Waals surface area contributed by atoms with E-state index in [9.17, 15) is 0 Å². The Hall–Kier alpha value is -1.77. The highest BCUT2D eigenvalue weighted by atomic mass is 35.5. The molecule has 1 saturated carbocycles. The Morgan fingerprint density at radius 1 is 0.889 bits per heavy atom. The van der Waals surface area contributed by atoms with E-state index in [-0.39, 0.29) is 17.9 Å². The van der Waals surface area contributed by atoms with Crippen molar-refractivity contribution in [1.29, 1.82) is 0 Å². The first kappa shape index (κ1) is 20.0. The van der Waals surface area contributed by atoms with Crippen LogP contribution in [0.15, 0.2) is 60.7 Å². The predicted octanol–water partition coefficient (Wildman–Crippen LogP) is 6.07. The second kappa shape index (κ2) is 8.95. The van der Waals surface area contributed by atoms with Crippen molar-refractivity contribution in [1.82, 2.24) is 4.90 Å². The van der Waals surface area contributed by atoms with Crippen LogP contribution in [0.5, 0.6) is 5.75 Å². The van der Waals surface area contributed by atoms with Crippen molar-refractivity contribution in [3.05, 3.63) is 71.8 Å². The van der Waals surface area contributed by atoms with Gasteiger partial charge in [0.2, 0.25) is 0 Å². The van der Waals surface area contributed by atoms with Gasteiger partial charge in [-0.15, -0.1) is 12.4 Å². The first-order valence-corrected chi connectivity index (χ1v) is 9.96. The smallest absolute Gasteiger partial charge is 0.126 e. The average Bonchev–Trinajstić information content (AvgIpc) is 2.75. The summed E-state index contributed by atoms with van der Waals surface area (Å²) in [5.74, 6) is 0.989. The molecular formula is C24H30ClNO. The highest BCUT2D eigenvalue weighted by Gasteiger charge is 2.39. The monoisotopic (exact) mass is 383 g/mol. The van der Waals surface area contributed by atoms with Crippen LogP contribution in [0.3, 0.4) is 0 Å². The molecule has 0 aromatic heterocycles. The summed E-state index contributed by atoms with van der Waals surface area (Å²) < 4.78 is 5.58. The van der Waals surface area contributed by atoms with E-state index < -0.39 is 0 Å². The second-order valence-corrected chi connectivity index (χ2v) is 7.58. The SMILES string of the molecule is COc1ccccc1C1=CCN(C2(c3ccccc3)CCCCC2)CC1.Cl. The van der Waals surface area contributed by atoms with Crippen LogP contribution >= 0.6 is 12.4 Å². The van der Waals surface area contributed by atoms with Gasteiger partial charge in [-0.1, -0.05) is 73.9 Å². The molecular weight excluding hydrogens is 354 g/mol. The lowest BCUT2D eigenvalue weighted by Crippen LogP contribution is -2.49. The van der Waals surface area contributed by atoms with E-state index in [0.29, 0.717) is 0 Å². The van der Waals surface area contributed by atoms with Crippen LogP contribution in [-0.4, -0.2) is 25.1 Å². The van der Waals surface area contributed by atoms with Gasteiger partial charge in [0.1, 0.15) is 5.75 Å². The molecule has 0 atom stereocenters. The molecule has 1 heterocycles. The van der Waals surface area contributed by atoms with Gasteiger partial charge in [0.15, 0.2) is 0 Å². The minimum absolute atomic E-state index is 0. The van der Waals surface area contributed by atoms with Gasteiger partial charge in [0.05, 0.1) is 7.11 Å². The molecule has 4 rings (SSSR count). The van der Waals surface area contributed by atoms with Crippen molar-refractivity contribution in [3.63, 3.8) is 0 Å². The third-order valence-corrected chi connectivity index (χ3v) is 6.26. The molecule has 2 aromatic rings. The number of ether oxygens (including phenoxy) is 1. The summed E-state index contributed by atoms with van der Waals surface area (Å²) in [7, 11) is 1.76. The number of methoxy groups -OCH3 is 1. The average molecular weight is 384 g/mol. The minimum atomic E-state index is 0. The maximum Gasteiger partial charge on any atom is 0.126 e. The summed E-state index contributed by atoms with van der Waals surface area (Å²) >= 11 is 0. The van der Waals surface area contributed by atoms with Gasteiger partial charge in [-0.2, -0.15) is 0 Å². The minimum Gasteiger partial charge on any atom is -0.496 e. The molecule has 0 N–H and O–H groups in total. The Kier molecular flexibility index (Phi) is 6.62. The number of rotatable bonds is 4. The quantitative estimate of drug-likeness (QED) is 0.635. The highest BCUT2D eigenvalue weighted by molar-refractivity contribution is 5.85. The Bertz CT molecular complexity index is 765. The largest absolute Gasteiger partial charge is 0.496 e. The Morgan fingerprint density at radius 2 is 1.59 bits per heavy atom. The van der Waals surface area contributed by atoms with Gasteiger partial charge in [-0.25, -0.2) is 0 Å². The van der Waals surface area contributed by atoms with Crippen molar-refractivity contribution in [2.45, 2.75) is 44.1 Å². The van der Waals surface area contributed by atoms with E-state index in [1.165, 1.54) is 48.8 Å². The van der Waals surface area contributed by atoms with Gasteiger partial charge in [0.25, 0.3) is 0 Å². The molecule has 0 spiro atoms. The van der Waals surface area contributed by atoms with Gasteiger partial charge in [-0.3, -0.25) is 4.90 Å². The molecule has 2 aliphatic rings. The van der Waals surface area contributed by atoms with E-state index in [1.807, 2.05) is 6.07 Å². The lowest BCUT2D eigenvalue weighted by molar-refractivity contribution is 0.0569. The van der Waals surface area contributed by atoms with Crippen molar-refractivity contribution in [2.75, 3.05) is 20.2 Å². The van der Waals surface area contributed by atoms with Gasteiger partial charge in [0, 0.05) is 24.2 Å². The molecule has 1 aliphatic carbocycles. The van der Waals surface area contributed by atoms with E-state index in [1.54, 1.807) is 7.11 Å². The maximum absolute atomic E-state index is 5.58. The molecule has 2 aromatic carbocycles. The third-order valence-electron chi connectivity index (χ3n) is 6.26. The predicted molar refractivity (Wildman–Crippen MR) is 116 cm³/mol. The molecule has 0 unspecified atom stereocenters. The molecule has 0 saturated heterocycles. The van der Waals surface area contributed by atoms with Crippen LogP contribution in [-0.2, 0) is 5.54 Å². The van der Waals surface area contributed by atoms with E-state index in [0.717, 1.165) is 25.3 Å². The summed E-state index contributed by atoms with van der Waals surface area (Å²) in [6.45, 7) is 2.15. The lowest BCUT2D eigenvalue weighted by Gasteiger charge is -2.48. The molecule has 0 amide bonds. The van der Waals surface area contributed by atoms with Gasteiger partial charge >= 0.3 is 0 Å². The molecule has 27 heavy (non-hydrogen) atoms. The molecule has 1 fully saturated rings. The maximum atomic E-state index is 5.58. The molecule has 1 aliphatic heterocycles. The standard InChI is InChI=1S/C24H29NO.ClH/c1-26-23-13-7-6-12-22(23)20-14-18-25(19-15-20)24(16-8-3-9-17-24)21-10-4-2-5-11-21;/h2,4-7,10-14H,3,8-9,15-19H2,1H3;1H. The van der Waals surface area contributed by atoms with Gasteiger partial charge < -0.3 is 4.74 Å². The van der Waals surface area contributed by atoms with Crippen molar-refractivity contribution < 1.29 is 4.74 Å². The number of hydrogen-bond donors (Lipinski definition) is 0.